The lowest BCUT2D eigenvalue weighted by Crippen LogP contribution is -2.07. The number of aromatic carboxylic acids is 1. The molecule has 0 unspecified atom stereocenters. The fourth-order valence-electron chi connectivity index (χ4n) is 1.71. The summed E-state index contributed by atoms with van der Waals surface area (Å²) in [6, 6.07) is 2.16. The van der Waals surface area contributed by atoms with Gasteiger partial charge in [0.2, 0.25) is 0 Å². The van der Waals surface area contributed by atoms with Crippen LogP contribution in [-0.2, 0) is 11.2 Å². The van der Waals surface area contributed by atoms with E-state index in [1.165, 1.54) is 0 Å². The highest BCUT2D eigenvalue weighted by atomic mass is 19.3. The molecule has 0 aliphatic rings. The number of rotatable bonds is 6. The maximum absolute atomic E-state index is 13.4. The van der Waals surface area contributed by atoms with Gasteiger partial charge in [-0.25, -0.2) is 22.9 Å². The Balaban J connectivity index is 2.11. The molecule has 8 heteroatoms. The van der Waals surface area contributed by atoms with Crippen molar-refractivity contribution in [1.82, 2.24) is 9.97 Å². The second-order valence-electron chi connectivity index (χ2n) is 4.05. The van der Waals surface area contributed by atoms with Crippen LogP contribution in [0.3, 0.4) is 0 Å². The molecule has 5 nitrogen and oxygen atoms in total. The Morgan fingerprint density at radius 1 is 1.45 bits per heavy atom. The minimum absolute atomic E-state index is 0.0401. The van der Waals surface area contributed by atoms with E-state index in [4.69, 9.17) is 9.84 Å². The van der Waals surface area contributed by atoms with Gasteiger partial charge in [0.25, 0.3) is 6.43 Å². The zero-order valence-electron chi connectivity index (χ0n) is 10.2. The zero-order chi connectivity index (χ0) is 14.7. The first-order valence-corrected chi connectivity index (χ1v) is 5.74. The summed E-state index contributed by atoms with van der Waals surface area (Å²) in [5.41, 5.74) is 0.175. The molecule has 2 rings (SSSR count). The van der Waals surface area contributed by atoms with E-state index in [2.05, 4.69) is 9.97 Å². The number of carbonyl (C=O) groups is 1. The molecule has 1 heterocycles. The summed E-state index contributed by atoms with van der Waals surface area (Å²) in [4.78, 5) is 17.6. The van der Waals surface area contributed by atoms with Gasteiger partial charge in [-0.2, -0.15) is 0 Å². The number of benzene rings is 1. The van der Waals surface area contributed by atoms with Crippen LogP contribution in [0.15, 0.2) is 12.1 Å². The Hall–Kier alpha value is -2.09. The quantitative estimate of drug-likeness (QED) is 0.799. The van der Waals surface area contributed by atoms with Gasteiger partial charge in [0.1, 0.15) is 18.2 Å². The monoisotopic (exact) mass is 288 g/mol. The fourth-order valence-corrected chi connectivity index (χ4v) is 1.71. The third kappa shape index (κ3) is 3.27. The summed E-state index contributed by atoms with van der Waals surface area (Å²) < 4.78 is 41.8. The summed E-state index contributed by atoms with van der Waals surface area (Å²) in [6.07, 6.45) is -2.29. The topological polar surface area (TPSA) is 75.2 Å². The van der Waals surface area contributed by atoms with E-state index in [9.17, 15) is 18.0 Å². The lowest BCUT2D eigenvalue weighted by molar-refractivity contribution is 0.0183. The highest BCUT2D eigenvalue weighted by molar-refractivity contribution is 5.92. The van der Waals surface area contributed by atoms with Crippen LogP contribution < -0.4 is 0 Å². The molecule has 0 aliphatic carbocycles. The fraction of sp³-hybridized carbons (Fsp3) is 0.333. The van der Waals surface area contributed by atoms with Crippen molar-refractivity contribution in [2.45, 2.75) is 12.8 Å². The Morgan fingerprint density at radius 2 is 2.20 bits per heavy atom. The number of H-pyrrole nitrogens is 1. The molecule has 0 spiro atoms. The highest BCUT2D eigenvalue weighted by Crippen LogP contribution is 2.17. The first kappa shape index (κ1) is 14.3. The van der Waals surface area contributed by atoms with Crippen LogP contribution in [0, 0.1) is 5.82 Å². The smallest absolute Gasteiger partial charge is 0.338 e. The van der Waals surface area contributed by atoms with E-state index in [1.807, 2.05) is 0 Å². The van der Waals surface area contributed by atoms with Gasteiger partial charge >= 0.3 is 5.97 Å². The summed E-state index contributed by atoms with van der Waals surface area (Å²) in [5, 5.41) is 8.79. The zero-order valence-corrected chi connectivity index (χ0v) is 10.2. The number of imidazole rings is 1. The molecule has 0 bridgehead atoms. The van der Waals surface area contributed by atoms with Gasteiger partial charge in [-0.05, 0) is 6.07 Å². The van der Waals surface area contributed by atoms with E-state index in [0.717, 1.165) is 12.1 Å². The number of halogens is 3. The predicted molar refractivity (Wildman–Crippen MR) is 63.5 cm³/mol. The number of ether oxygens (including phenoxy) is 1. The lowest BCUT2D eigenvalue weighted by Gasteiger charge is -2.00. The first-order chi connectivity index (χ1) is 9.47. The van der Waals surface area contributed by atoms with E-state index >= 15 is 0 Å². The van der Waals surface area contributed by atoms with Gasteiger partial charge in [-0.3, -0.25) is 0 Å². The molecular weight excluding hydrogens is 277 g/mol. The number of nitrogens with zero attached hydrogens (tertiary/aromatic N) is 1. The lowest BCUT2D eigenvalue weighted by atomic mass is 10.2. The third-order valence-corrected chi connectivity index (χ3v) is 2.58. The van der Waals surface area contributed by atoms with Crippen LogP contribution in [0.2, 0.25) is 0 Å². The molecule has 2 aromatic rings. The second-order valence-corrected chi connectivity index (χ2v) is 4.05. The van der Waals surface area contributed by atoms with Crippen LogP contribution in [0.1, 0.15) is 16.2 Å². The molecule has 20 heavy (non-hydrogen) atoms. The van der Waals surface area contributed by atoms with Crippen LogP contribution in [0.4, 0.5) is 13.2 Å². The van der Waals surface area contributed by atoms with Crippen molar-refractivity contribution in [3.05, 3.63) is 29.3 Å². The van der Waals surface area contributed by atoms with Gasteiger partial charge in [0.05, 0.1) is 23.2 Å². The maximum Gasteiger partial charge on any atom is 0.338 e. The van der Waals surface area contributed by atoms with Gasteiger partial charge in [0.15, 0.2) is 0 Å². The number of aromatic nitrogens is 2. The van der Waals surface area contributed by atoms with Crippen molar-refractivity contribution < 1.29 is 27.8 Å². The minimum Gasteiger partial charge on any atom is -0.478 e. The second kappa shape index (κ2) is 5.91. The average Bonchev–Trinajstić information content (AvgIpc) is 2.74. The normalized spacial score (nSPS) is 11.4. The van der Waals surface area contributed by atoms with Crippen molar-refractivity contribution in [1.29, 1.82) is 0 Å². The van der Waals surface area contributed by atoms with Crippen LogP contribution in [0.25, 0.3) is 11.0 Å². The number of aromatic amines is 1. The summed E-state index contributed by atoms with van der Waals surface area (Å²) >= 11 is 0. The van der Waals surface area contributed by atoms with E-state index in [-0.39, 0.29) is 13.0 Å². The molecule has 1 aromatic carbocycles. The third-order valence-electron chi connectivity index (χ3n) is 2.58. The van der Waals surface area contributed by atoms with E-state index in [0.29, 0.717) is 16.9 Å². The molecule has 0 saturated carbocycles. The van der Waals surface area contributed by atoms with Crippen molar-refractivity contribution in [3.63, 3.8) is 0 Å². The number of hydrogen-bond acceptors (Lipinski definition) is 3. The molecule has 0 radical (unpaired) electrons. The predicted octanol–water partition coefficient (Wildman–Crippen LogP) is 2.22. The molecule has 1 aromatic heterocycles. The van der Waals surface area contributed by atoms with Gasteiger partial charge in [-0.1, -0.05) is 0 Å². The van der Waals surface area contributed by atoms with E-state index in [1.54, 1.807) is 0 Å². The summed E-state index contributed by atoms with van der Waals surface area (Å²) in [5.74, 6) is -1.83. The van der Waals surface area contributed by atoms with Crippen molar-refractivity contribution in [2.75, 3.05) is 13.2 Å². The van der Waals surface area contributed by atoms with Crippen molar-refractivity contribution >= 4 is 17.0 Å². The number of carboxylic acids is 1. The van der Waals surface area contributed by atoms with Gasteiger partial charge < -0.3 is 14.8 Å². The van der Waals surface area contributed by atoms with Crippen LogP contribution in [-0.4, -0.2) is 40.7 Å². The van der Waals surface area contributed by atoms with Crippen molar-refractivity contribution in [3.8, 4) is 0 Å². The Bertz CT molecular complexity index is 628. The number of carboxylic acid groups (broad SMARTS) is 1. The molecular formula is C12H11F3N2O3. The highest BCUT2D eigenvalue weighted by Gasteiger charge is 2.14. The Labute approximate surface area is 111 Å². The standard InChI is InChI=1S/C12H11F3N2O3/c13-7-4-9-8(3-6(7)12(18)19)16-11(17-9)1-2-20-5-10(14)15/h3-4,10H,1-2,5H2,(H,16,17)(H,18,19). The minimum atomic E-state index is -2.53. The number of hydrogen-bond donors (Lipinski definition) is 2. The molecule has 0 amide bonds. The molecule has 0 saturated heterocycles. The van der Waals surface area contributed by atoms with Crippen LogP contribution >= 0.6 is 0 Å². The molecule has 108 valence electrons. The summed E-state index contributed by atoms with van der Waals surface area (Å²) in [7, 11) is 0. The van der Waals surface area contributed by atoms with Gasteiger partial charge in [0, 0.05) is 12.5 Å². The molecule has 0 aliphatic heterocycles. The number of nitrogens with one attached hydrogen (secondary N) is 1. The SMILES string of the molecule is O=C(O)c1cc2nc(CCOCC(F)F)[nH]c2cc1F. The van der Waals surface area contributed by atoms with Gasteiger partial charge in [-0.15, -0.1) is 0 Å². The number of fused-ring (bicyclic) bond motifs is 1. The van der Waals surface area contributed by atoms with E-state index < -0.39 is 30.4 Å². The van der Waals surface area contributed by atoms with Crippen molar-refractivity contribution in [2.24, 2.45) is 0 Å². The maximum atomic E-state index is 13.4. The Morgan fingerprint density at radius 3 is 2.85 bits per heavy atom. The number of alkyl halides is 2. The molecule has 0 atom stereocenters. The average molecular weight is 288 g/mol. The summed E-state index contributed by atoms with van der Waals surface area (Å²) in [6.45, 7) is -0.615. The van der Waals surface area contributed by atoms with Crippen LogP contribution in [0.5, 0.6) is 0 Å². The Kier molecular flexibility index (Phi) is 4.23. The first-order valence-electron chi connectivity index (χ1n) is 5.74. The molecule has 2 N–H and O–H groups in total. The largest absolute Gasteiger partial charge is 0.478 e. The molecule has 0 fully saturated rings.